The Balaban J connectivity index is 1.54. The quantitative estimate of drug-likeness (QED) is 0.260. The largest absolute Gasteiger partial charge is 0.494 e. The number of pyridine rings is 1. The fraction of sp³-hybridized carbons (Fsp3) is 0.107. The molecule has 2 heterocycles. The van der Waals surface area contributed by atoms with Gasteiger partial charge in [0.15, 0.2) is 5.13 Å². The molecule has 0 bridgehead atoms. The Morgan fingerprint density at radius 1 is 0.971 bits per heavy atom. The summed E-state index contributed by atoms with van der Waals surface area (Å²) in [5.74, 6) is 1.80. The molecule has 0 saturated carbocycles. The van der Waals surface area contributed by atoms with Crippen molar-refractivity contribution in [2.45, 2.75) is 13.5 Å². The summed E-state index contributed by atoms with van der Waals surface area (Å²) < 4.78 is 12.5. The average molecular weight is 482 g/mol. The van der Waals surface area contributed by atoms with Crippen molar-refractivity contribution in [3.05, 3.63) is 108 Å². The van der Waals surface area contributed by atoms with Gasteiger partial charge in [0.25, 0.3) is 5.91 Å². The van der Waals surface area contributed by atoms with Crippen LogP contribution in [0.5, 0.6) is 17.2 Å². The van der Waals surface area contributed by atoms with Crippen LogP contribution in [0, 0.1) is 6.92 Å². The van der Waals surface area contributed by atoms with Gasteiger partial charge in [0.2, 0.25) is 0 Å². The van der Waals surface area contributed by atoms with Gasteiger partial charge in [-0.15, -0.1) is 0 Å². The van der Waals surface area contributed by atoms with Crippen molar-refractivity contribution in [2.75, 3.05) is 12.0 Å². The summed E-state index contributed by atoms with van der Waals surface area (Å²) in [6.07, 6.45) is 3.47. The SMILES string of the molecule is COc1ccc(C)c2sc(N(Cc3cccnc3)C(=O)c3cccc(Oc4ccccc4)c3)nc12. The van der Waals surface area contributed by atoms with Crippen molar-refractivity contribution < 1.29 is 14.3 Å². The third-order valence-electron chi connectivity index (χ3n) is 5.51. The van der Waals surface area contributed by atoms with Crippen molar-refractivity contribution >= 4 is 32.6 Å². The molecule has 3 aromatic carbocycles. The second-order valence-corrected chi connectivity index (χ2v) is 8.93. The minimum Gasteiger partial charge on any atom is -0.494 e. The van der Waals surface area contributed by atoms with E-state index < -0.39 is 0 Å². The van der Waals surface area contributed by atoms with Crippen LogP contribution in [0.4, 0.5) is 5.13 Å². The Morgan fingerprint density at radius 3 is 2.57 bits per heavy atom. The highest BCUT2D eigenvalue weighted by Gasteiger charge is 2.24. The molecule has 0 aliphatic rings. The summed E-state index contributed by atoms with van der Waals surface area (Å²) in [5, 5.41) is 0.593. The number of para-hydroxylation sites is 1. The summed E-state index contributed by atoms with van der Waals surface area (Å²) in [5.41, 5.74) is 3.24. The second kappa shape index (κ2) is 9.95. The number of fused-ring (bicyclic) bond motifs is 1. The molecule has 7 heteroatoms. The summed E-state index contributed by atoms with van der Waals surface area (Å²) in [7, 11) is 1.62. The lowest BCUT2D eigenvalue weighted by molar-refractivity contribution is 0.0985. The zero-order valence-electron chi connectivity index (χ0n) is 19.3. The number of carbonyl (C=O) groups excluding carboxylic acids is 1. The molecule has 0 atom stereocenters. The van der Waals surface area contributed by atoms with Crippen molar-refractivity contribution in [3.63, 3.8) is 0 Å². The van der Waals surface area contributed by atoms with Gasteiger partial charge >= 0.3 is 0 Å². The minimum absolute atomic E-state index is 0.178. The number of hydrogen-bond acceptors (Lipinski definition) is 6. The zero-order chi connectivity index (χ0) is 24.2. The van der Waals surface area contributed by atoms with E-state index in [0.717, 1.165) is 21.3 Å². The van der Waals surface area contributed by atoms with Crippen molar-refractivity contribution in [1.82, 2.24) is 9.97 Å². The number of methoxy groups -OCH3 is 1. The average Bonchev–Trinajstić information content (AvgIpc) is 3.35. The highest BCUT2D eigenvalue weighted by molar-refractivity contribution is 7.22. The molecule has 0 aliphatic carbocycles. The molecule has 0 fully saturated rings. The third-order valence-corrected chi connectivity index (χ3v) is 6.73. The third kappa shape index (κ3) is 4.85. The van der Waals surface area contributed by atoms with Crippen LogP contribution in [0.15, 0.2) is 91.3 Å². The van der Waals surface area contributed by atoms with Gasteiger partial charge in [0.05, 0.1) is 18.4 Å². The van der Waals surface area contributed by atoms with E-state index in [-0.39, 0.29) is 5.91 Å². The van der Waals surface area contributed by atoms with Crippen molar-refractivity contribution in [3.8, 4) is 17.2 Å². The molecule has 5 rings (SSSR count). The standard InChI is InChI=1S/C28H23N3O3S/c1-19-13-14-24(33-2)25-26(19)35-28(30-25)31(18-20-8-7-15-29-17-20)27(32)21-9-6-12-23(16-21)34-22-10-4-3-5-11-22/h3-17H,18H2,1-2H3. The number of carbonyl (C=O) groups is 1. The Morgan fingerprint density at radius 2 is 1.80 bits per heavy atom. The monoisotopic (exact) mass is 481 g/mol. The lowest BCUT2D eigenvalue weighted by Crippen LogP contribution is -2.30. The van der Waals surface area contributed by atoms with Gasteiger partial charge in [0.1, 0.15) is 22.8 Å². The maximum absolute atomic E-state index is 13.9. The number of hydrogen-bond donors (Lipinski definition) is 0. The Kier molecular flexibility index (Phi) is 6.41. The predicted molar refractivity (Wildman–Crippen MR) is 139 cm³/mol. The number of anilines is 1. The Bertz CT molecular complexity index is 1470. The summed E-state index contributed by atoms with van der Waals surface area (Å²) in [6.45, 7) is 2.36. The fourth-order valence-corrected chi connectivity index (χ4v) is 4.80. The van der Waals surface area contributed by atoms with Crippen LogP contribution in [-0.2, 0) is 6.54 Å². The zero-order valence-corrected chi connectivity index (χ0v) is 20.2. The summed E-state index contributed by atoms with van der Waals surface area (Å²) in [4.78, 5) is 24.6. The van der Waals surface area contributed by atoms with E-state index in [9.17, 15) is 4.79 Å². The maximum Gasteiger partial charge on any atom is 0.260 e. The van der Waals surface area contributed by atoms with Crippen LogP contribution < -0.4 is 14.4 Å². The number of thiazole rings is 1. The van der Waals surface area contributed by atoms with Crippen molar-refractivity contribution in [2.24, 2.45) is 0 Å². The van der Waals surface area contributed by atoms with Gasteiger partial charge in [0, 0.05) is 18.0 Å². The molecule has 174 valence electrons. The van der Waals surface area contributed by atoms with E-state index in [4.69, 9.17) is 14.5 Å². The van der Waals surface area contributed by atoms with E-state index in [1.54, 1.807) is 36.5 Å². The molecule has 0 saturated heterocycles. The summed E-state index contributed by atoms with van der Waals surface area (Å²) >= 11 is 1.47. The fourth-order valence-electron chi connectivity index (χ4n) is 3.75. The molecule has 1 amide bonds. The smallest absolute Gasteiger partial charge is 0.260 e. The van der Waals surface area contributed by atoms with Crippen LogP contribution in [0.2, 0.25) is 0 Å². The van der Waals surface area contributed by atoms with E-state index >= 15 is 0 Å². The number of amides is 1. The lowest BCUT2D eigenvalue weighted by Gasteiger charge is -2.20. The van der Waals surface area contributed by atoms with Crippen molar-refractivity contribution in [1.29, 1.82) is 0 Å². The van der Waals surface area contributed by atoms with Crippen LogP contribution in [-0.4, -0.2) is 23.0 Å². The number of benzene rings is 3. The molecular weight excluding hydrogens is 458 g/mol. The van der Waals surface area contributed by atoms with E-state index in [2.05, 4.69) is 4.98 Å². The minimum atomic E-state index is -0.178. The van der Waals surface area contributed by atoms with Gasteiger partial charge in [-0.05, 0) is 60.5 Å². The van der Waals surface area contributed by atoms with Gasteiger partial charge in [-0.1, -0.05) is 47.7 Å². The highest BCUT2D eigenvalue weighted by Crippen LogP contribution is 2.37. The second-order valence-electron chi connectivity index (χ2n) is 7.95. The molecule has 0 aliphatic heterocycles. The number of aromatic nitrogens is 2. The maximum atomic E-state index is 13.9. The topological polar surface area (TPSA) is 64.5 Å². The first-order chi connectivity index (χ1) is 17.1. The molecular formula is C28H23N3O3S. The Hall–Kier alpha value is -4.23. The van der Waals surface area contributed by atoms with Gasteiger partial charge < -0.3 is 9.47 Å². The first-order valence-corrected chi connectivity index (χ1v) is 11.9. The van der Waals surface area contributed by atoms with E-state index in [0.29, 0.717) is 34.5 Å². The molecule has 0 unspecified atom stereocenters. The summed E-state index contributed by atoms with van der Waals surface area (Å²) in [6, 6.07) is 24.4. The lowest BCUT2D eigenvalue weighted by atomic mass is 10.1. The molecule has 5 aromatic rings. The number of aryl methyl sites for hydroxylation is 1. The number of ether oxygens (including phenoxy) is 2. The highest BCUT2D eigenvalue weighted by atomic mass is 32.1. The normalized spacial score (nSPS) is 10.8. The first-order valence-electron chi connectivity index (χ1n) is 11.1. The molecule has 6 nitrogen and oxygen atoms in total. The van der Waals surface area contributed by atoms with Gasteiger partial charge in [-0.25, -0.2) is 4.98 Å². The first kappa shape index (κ1) is 22.6. The Labute approximate surface area is 207 Å². The predicted octanol–water partition coefficient (Wildman–Crippen LogP) is 6.65. The number of rotatable bonds is 7. The van der Waals surface area contributed by atoms with Gasteiger partial charge in [-0.2, -0.15) is 0 Å². The van der Waals surface area contributed by atoms with E-state index in [1.807, 2.05) is 73.7 Å². The number of nitrogens with zero attached hydrogens (tertiary/aromatic N) is 3. The molecule has 0 radical (unpaired) electrons. The molecule has 0 spiro atoms. The van der Waals surface area contributed by atoms with Crippen LogP contribution >= 0.6 is 11.3 Å². The molecule has 0 N–H and O–H groups in total. The molecule has 35 heavy (non-hydrogen) atoms. The van der Waals surface area contributed by atoms with Gasteiger partial charge in [-0.3, -0.25) is 14.7 Å². The molecule has 2 aromatic heterocycles. The van der Waals surface area contributed by atoms with Crippen LogP contribution in [0.3, 0.4) is 0 Å². The van der Waals surface area contributed by atoms with Crippen LogP contribution in [0.25, 0.3) is 10.2 Å². The van der Waals surface area contributed by atoms with E-state index in [1.165, 1.54) is 11.3 Å². The van der Waals surface area contributed by atoms with Crippen LogP contribution in [0.1, 0.15) is 21.5 Å².